The SMILES string of the molecule is N#C/C(=C\c1cn(-c2ccccc2)nc1-c1cccnc1)C(=O)Nc1nccs1. The summed E-state index contributed by atoms with van der Waals surface area (Å²) < 4.78 is 1.71. The smallest absolute Gasteiger partial charge is 0.268 e. The van der Waals surface area contributed by atoms with Crippen LogP contribution in [0.1, 0.15) is 5.56 Å². The van der Waals surface area contributed by atoms with Crippen LogP contribution in [-0.2, 0) is 4.79 Å². The highest BCUT2D eigenvalue weighted by molar-refractivity contribution is 7.13. The number of thiazole rings is 1. The predicted molar refractivity (Wildman–Crippen MR) is 111 cm³/mol. The molecule has 0 unspecified atom stereocenters. The summed E-state index contributed by atoms with van der Waals surface area (Å²) in [6, 6.07) is 15.3. The minimum absolute atomic E-state index is 0.0436. The molecule has 0 aliphatic heterocycles. The number of para-hydroxylation sites is 1. The lowest BCUT2D eigenvalue weighted by molar-refractivity contribution is -0.112. The van der Waals surface area contributed by atoms with Gasteiger partial charge in [-0.05, 0) is 30.3 Å². The van der Waals surface area contributed by atoms with E-state index in [4.69, 9.17) is 0 Å². The Labute approximate surface area is 170 Å². The van der Waals surface area contributed by atoms with Gasteiger partial charge in [0.1, 0.15) is 17.3 Å². The third-order valence-electron chi connectivity index (χ3n) is 4.02. The third kappa shape index (κ3) is 4.10. The second kappa shape index (κ2) is 8.29. The highest BCUT2D eigenvalue weighted by Crippen LogP contribution is 2.25. The number of pyridine rings is 1. The Hall–Kier alpha value is -4.09. The van der Waals surface area contributed by atoms with Gasteiger partial charge in [-0.2, -0.15) is 10.4 Å². The Morgan fingerprint density at radius 3 is 2.72 bits per heavy atom. The molecule has 0 fully saturated rings. The van der Waals surface area contributed by atoms with Crippen LogP contribution >= 0.6 is 11.3 Å². The van der Waals surface area contributed by atoms with Gasteiger partial charge in [0.2, 0.25) is 0 Å². The molecule has 0 saturated carbocycles. The zero-order valence-corrected chi connectivity index (χ0v) is 15.9. The summed E-state index contributed by atoms with van der Waals surface area (Å²) in [6.45, 7) is 0. The molecule has 3 heterocycles. The number of amides is 1. The van der Waals surface area contributed by atoms with Crippen molar-refractivity contribution in [2.45, 2.75) is 0 Å². The Morgan fingerprint density at radius 1 is 1.17 bits per heavy atom. The van der Waals surface area contributed by atoms with Crippen molar-refractivity contribution in [1.82, 2.24) is 19.7 Å². The Bertz CT molecular complexity index is 1190. The van der Waals surface area contributed by atoms with Crippen molar-refractivity contribution in [2.24, 2.45) is 0 Å². The van der Waals surface area contributed by atoms with E-state index in [9.17, 15) is 10.1 Å². The molecule has 0 aliphatic carbocycles. The molecular formula is C21H14N6OS. The van der Waals surface area contributed by atoms with Crippen molar-refractivity contribution in [1.29, 1.82) is 5.26 Å². The summed E-state index contributed by atoms with van der Waals surface area (Å²) in [5.74, 6) is -0.521. The number of rotatable bonds is 5. The summed E-state index contributed by atoms with van der Waals surface area (Å²) in [6.07, 6.45) is 8.26. The molecule has 4 aromatic rings. The molecule has 0 radical (unpaired) electrons. The summed E-state index contributed by atoms with van der Waals surface area (Å²) >= 11 is 1.28. The van der Waals surface area contributed by atoms with Gasteiger partial charge < -0.3 is 0 Å². The maximum absolute atomic E-state index is 12.5. The number of nitrogens with one attached hydrogen (secondary N) is 1. The number of hydrogen-bond acceptors (Lipinski definition) is 6. The van der Waals surface area contributed by atoms with Crippen LogP contribution in [0.2, 0.25) is 0 Å². The first kappa shape index (κ1) is 18.3. The number of nitrogens with zero attached hydrogens (tertiary/aromatic N) is 5. The summed E-state index contributed by atoms with van der Waals surface area (Å²) in [4.78, 5) is 20.7. The Balaban J connectivity index is 1.76. The topological polar surface area (TPSA) is 96.5 Å². The first-order chi connectivity index (χ1) is 14.2. The number of carbonyl (C=O) groups is 1. The second-order valence-electron chi connectivity index (χ2n) is 5.92. The highest BCUT2D eigenvalue weighted by atomic mass is 32.1. The average Bonchev–Trinajstić information content (AvgIpc) is 3.43. The van der Waals surface area contributed by atoms with Crippen LogP contribution in [0, 0.1) is 11.3 Å². The largest absolute Gasteiger partial charge is 0.297 e. The molecule has 1 aromatic carbocycles. The quantitative estimate of drug-likeness (QED) is 0.406. The number of anilines is 1. The van der Waals surface area contributed by atoms with E-state index in [1.165, 1.54) is 17.4 Å². The zero-order valence-electron chi connectivity index (χ0n) is 15.1. The molecule has 140 valence electrons. The van der Waals surface area contributed by atoms with Crippen LogP contribution in [0.3, 0.4) is 0 Å². The number of carbonyl (C=O) groups excluding carboxylic acids is 1. The normalized spacial score (nSPS) is 11.1. The number of nitriles is 1. The summed E-state index contributed by atoms with van der Waals surface area (Å²) in [5, 5.41) is 19.0. The molecule has 1 amide bonds. The van der Waals surface area contributed by atoms with E-state index < -0.39 is 5.91 Å². The van der Waals surface area contributed by atoms with Crippen molar-refractivity contribution in [3.05, 3.63) is 83.8 Å². The molecule has 8 heteroatoms. The monoisotopic (exact) mass is 398 g/mol. The highest BCUT2D eigenvalue weighted by Gasteiger charge is 2.16. The first-order valence-corrected chi connectivity index (χ1v) is 9.50. The van der Waals surface area contributed by atoms with Gasteiger partial charge in [0.25, 0.3) is 5.91 Å². The molecule has 3 aromatic heterocycles. The Kier molecular flexibility index (Phi) is 5.23. The van der Waals surface area contributed by atoms with E-state index in [1.807, 2.05) is 48.5 Å². The molecule has 0 bridgehead atoms. The van der Waals surface area contributed by atoms with Crippen molar-refractivity contribution in [3.63, 3.8) is 0 Å². The third-order valence-corrected chi connectivity index (χ3v) is 4.70. The average molecular weight is 398 g/mol. The van der Waals surface area contributed by atoms with Crippen molar-refractivity contribution >= 4 is 28.5 Å². The summed E-state index contributed by atoms with van der Waals surface area (Å²) in [7, 11) is 0. The van der Waals surface area contributed by atoms with Crippen molar-refractivity contribution in [3.8, 4) is 23.0 Å². The molecule has 0 saturated heterocycles. The van der Waals surface area contributed by atoms with Gasteiger partial charge in [-0.25, -0.2) is 9.67 Å². The minimum atomic E-state index is -0.521. The van der Waals surface area contributed by atoms with Crippen LogP contribution in [-0.4, -0.2) is 25.7 Å². The molecule has 0 atom stereocenters. The van der Waals surface area contributed by atoms with Crippen LogP contribution in [0.5, 0.6) is 0 Å². The van der Waals surface area contributed by atoms with Gasteiger partial charge in [0.05, 0.1) is 5.69 Å². The molecule has 1 N–H and O–H groups in total. The first-order valence-electron chi connectivity index (χ1n) is 8.63. The lowest BCUT2D eigenvalue weighted by atomic mass is 10.1. The number of aromatic nitrogens is 4. The van der Waals surface area contributed by atoms with Gasteiger partial charge in [-0.15, -0.1) is 11.3 Å². The van der Waals surface area contributed by atoms with Crippen LogP contribution in [0.15, 0.2) is 78.2 Å². The standard InChI is InChI=1S/C21H14N6OS/c22-12-16(20(28)25-21-24-9-10-29-21)11-17-14-27(18-6-2-1-3-7-18)26-19(17)15-5-4-8-23-13-15/h1-11,13-14H,(H,24,25,28)/b16-11+. The van der Waals surface area contributed by atoms with E-state index in [0.717, 1.165) is 11.3 Å². The van der Waals surface area contributed by atoms with E-state index in [-0.39, 0.29) is 5.57 Å². The fourth-order valence-electron chi connectivity index (χ4n) is 2.69. The van der Waals surface area contributed by atoms with Gasteiger partial charge in [-0.3, -0.25) is 15.1 Å². The second-order valence-corrected chi connectivity index (χ2v) is 6.81. The molecule has 29 heavy (non-hydrogen) atoms. The molecule has 4 rings (SSSR count). The Morgan fingerprint density at radius 2 is 2.03 bits per heavy atom. The maximum atomic E-state index is 12.5. The predicted octanol–water partition coefficient (Wildman–Crippen LogP) is 3.94. The lowest BCUT2D eigenvalue weighted by Crippen LogP contribution is -2.13. The molecule has 0 aliphatic rings. The number of hydrogen-bond donors (Lipinski definition) is 1. The van der Waals surface area contributed by atoms with Gasteiger partial charge in [0.15, 0.2) is 5.13 Å². The molecule has 0 spiro atoms. The van der Waals surface area contributed by atoms with Gasteiger partial charge in [-0.1, -0.05) is 18.2 Å². The molecular weight excluding hydrogens is 384 g/mol. The van der Waals surface area contributed by atoms with Gasteiger partial charge in [0, 0.05) is 41.3 Å². The van der Waals surface area contributed by atoms with Crippen LogP contribution in [0.25, 0.3) is 23.0 Å². The van der Waals surface area contributed by atoms with Gasteiger partial charge >= 0.3 is 0 Å². The fourth-order valence-corrected chi connectivity index (χ4v) is 3.21. The van der Waals surface area contributed by atoms with E-state index in [2.05, 4.69) is 20.4 Å². The maximum Gasteiger partial charge on any atom is 0.268 e. The van der Waals surface area contributed by atoms with E-state index in [1.54, 1.807) is 34.8 Å². The fraction of sp³-hybridized carbons (Fsp3) is 0. The van der Waals surface area contributed by atoms with Crippen molar-refractivity contribution in [2.75, 3.05) is 5.32 Å². The number of benzene rings is 1. The summed E-state index contributed by atoms with van der Waals surface area (Å²) in [5.41, 5.74) is 2.86. The molecule has 7 nitrogen and oxygen atoms in total. The van der Waals surface area contributed by atoms with E-state index >= 15 is 0 Å². The van der Waals surface area contributed by atoms with Crippen molar-refractivity contribution < 1.29 is 4.79 Å². The van der Waals surface area contributed by atoms with E-state index in [0.29, 0.717) is 16.4 Å². The lowest BCUT2D eigenvalue weighted by Gasteiger charge is -2.01. The zero-order chi connectivity index (χ0) is 20.1. The van der Waals surface area contributed by atoms with Crippen LogP contribution < -0.4 is 5.32 Å². The van der Waals surface area contributed by atoms with Crippen LogP contribution in [0.4, 0.5) is 5.13 Å². The minimum Gasteiger partial charge on any atom is -0.297 e.